The van der Waals surface area contributed by atoms with Crippen LogP contribution in [0.25, 0.3) is 0 Å². The number of carbonyl (C=O) groups excluding carboxylic acids is 1. The molecule has 0 aliphatic rings. The number of hydrogen-bond donors (Lipinski definition) is 0. The predicted octanol–water partition coefficient (Wildman–Crippen LogP) is 2.71. The fraction of sp³-hybridized carbons (Fsp3) is 0.273. The molecule has 1 aromatic heterocycles. The molecule has 136 valence electrons. The number of hydrogen-bond acceptors (Lipinski definition) is 2. The fourth-order valence-electron chi connectivity index (χ4n) is 3.01. The summed E-state index contributed by atoms with van der Waals surface area (Å²) in [6.07, 6.45) is 6.54. The Morgan fingerprint density at radius 2 is 1.35 bits per heavy atom. The number of imidazole rings is 1. The van der Waals surface area contributed by atoms with Gasteiger partial charge in [-0.2, -0.15) is 0 Å². The molecule has 26 heavy (non-hydrogen) atoms. The maximum absolute atomic E-state index is 8.25. The third-order valence-electron chi connectivity index (χ3n) is 4.89. The van der Waals surface area contributed by atoms with E-state index in [-0.39, 0.29) is 11.1 Å². The second-order valence-corrected chi connectivity index (χ2v) is 7.17. The number of carbonyl (C=O) groups is 1. The molecule has 0 amide bonds. The number of carboxylic acid groups (broad SMARTS) is 1. The van der Waals surface area contributed by atoms with Gasteiger partial charge in [0.25, 0.3) is 0 Å². The van der Waals surface area contributed by atoms with Crippen molar-refractivity contribution in [2.45, 2.75) is 38.8 Å². The van der Waals surface area contributed by atoms with Crippen molar-refractivity contribution >= 4 is 6.47 Å². The van der Waals surface area contributed by atoms with Crippen LogP contribution in [0.15, 0.2) is 79.4 Å². The van der Waals surface area contributed by atoms with Gasteiger partial charge in [0, 0.05) is 6.47 Å². The maximum atomic E-state index is 8.25. The van der Waals surface area contributed by atoms with Gasteiger partial charge in [-0.1, -0.05) is 60.7 Å². The Balaban J connectivity index is 0.000000758. The van der Waals surface area contributed by atoms with Crippen molar-refractivity contribution in [1.29, 1.82) is 0 Å². The van der Waals surface area contributed by atoms with Crippen molar-refractivity contribution in [3.8, 4) is 0 Å². The van der Waals surface area contributed by atoms with Crippen LogP contribution < -0.4 is 9.67 Å². The van der Waals surface area contributed by atoms with E-state index in [0.717, 1.165) is 0 Å². The summed E-state index contributed by atoms with van der Waals surface area (Å²) in [5, 5.41) is 8.25. The zero-order chi connectivity index (χ0) is 19.2. The Bertz CT molecular complexity index is 756. The molecule has 0 N–H and O–H groups in total. The van der Waals surface area contributed by atoms with Crippen molar-refractivity contribution < 1.29 is 14.5 Å². The standard InChI is InChI=1S/C21H25N2.CH2O2/c1-20(2,18-11-7-5-8-12-18)22-15-16-23(17-22)21(3,4)19-13-9-6-10-14-19;2-1-3/h5-17H,1-4H3;1H,(H,2,3)/q+1;/p-1. The van der Waals surface area contributed by atoms with Crippen LogP contribution in [0.4, 0.5) is 0 Å². The van der Waals surface area contributed by atoms with E-state index in [1.807, 2.05) is 0 Å². The van der Waals surface area contributed by atoms with Crippen molar-refractivity contribution in [1.82, 2.24) is 4.57 Å². The van der Waals surface area contributed by atoms with Gasteiger partial charge in [0.05, 0.1) is 0 Å². The minimum Gasteiger partial charge on any atom is -0.554 e. The van der Waals surface area contributed by atoms with Gasteiger partial charge in [-0.3, -0.25) is 0 Å². The fourth-order valence-corrected chi connectivity index (χ4v) is 3.01. The van der Waals surface area contributed by atoms with Crippen molar-refractivity contribution in [2.75, 3.05) is 0 Å². The van der Waals surface area contributed by atoms with E-state index >= 15 is 0 Å². The van der Waals surface area contributed by atoms with Crippen LogP contribution in [0.2, 0.25) is 0 Å². The second kappa shape index (κ2) is 8.00. The summed E-state index contributed by atoms with van der Waals surface area (Å²) >= 11 is 0. The molecule has 4 heteroatoms. The van der Waals surface area contributed by atoms with E-state index in [2.05, 4.69) is 116 Å². The molecule has 0 spiro atoms. The molecule has 0 saturated carbocycles. The number of benzene rings is 2. The van der Waals surface area contributed by atoms with Gasteiger partial charge in [-0.15, -0.1) is 0 Å². The Labute approximate surface area is 155 Å². The first-order valence-electron chi connectivity index (χ1n) is 8.61. The topological polar surface area (TPSA) is 48.9 Å². The molecular weight excluding hydrogens is 324 g/mol. The van der Waals surface area contributed by atoms with Gasteiger partial charge in [-0.05, 0) is 38.8 Å². The van der Waals surface area contributed by atoms with E-state index < -0.39 is 6.47 Å². The van der Waals surface area contributed by atoms with Gasteiger partial charge in [0.2, 0.25) is 6.33 Å². The lowest BCUT2D eigenvalue weighted by molar-refractivity contribution is -0.747. The zero-order valence-corrected chi connectivity index (χ0v) is 15.8. The number of rotatable bonds is 4. The summed E-state index contributed by atoms with van der Waals surface area (Å²) < 4.78 is 4.57. The molecule has 0 aliphatic carbocycles. The summed E-state index contributed by atoms with van der Waals surface area (Å²) in [4.78, 5) is 8.25. The first kappa shape index (κ1) is 19.4. The van der Waals surface area contributed by atoms with Crippen molar-refractivity contribution in [3.63, 3.8) is 0 Å². The van der Waals surface area contributed by atoms with Gasteiger partial charge in [0.15, 0.2) is 0 Å². The molecule has 0 saturated heterocycles. The second-order valence-electron chi connectivity index (χ2n) is 7.17. The van der Waals surface area contributed by atoms with Crippen LogP contribution in [0, 0.1) is 0 Å². The normalized spacial score (nSPS) is 11.4. The van der Waals surface area contributed by atoms with Gasteiger partial charge in [-0.25, -0.2) is 9.13 Å². The summed E-state index contributed by atoms with van der Waals surface area (Å²) in [6, 6.07) is 21.3. The molecule has 3 rings (SSSR count). The van der Waals surface area contributed by atoms with Crippen LogP contribution in [-0.4, -0.2) is 11.0 Å². The number of nitrogens with zero attached hydrogens (tertiary/aromatic N) is 2. The summed E-state index contributed by atoms with van der Waals surface area (Å²) in [5.74, 6) is 0. The average molecular weight is 350 g/mol. The van der Waals surface area contributed by atoms with Crippen LogP contribution in [0.5, 0.6) is 0 Å². The van der Waals surface area contributed by atoms with Crippen LogP contribution in [0.3, 0.4) is 0 Å². The molecule has 0 unspecified atom stereocenters. The maximum Gasteiger partial charge on any atom is 0.245 e. The summed E-state index contributed by atoms with van der Waals surface area (Å²) in [7, 11) is 0. The van der Waals surface area contributed by atoms with Gasteiger partial charge < -0.3 is 9.90 Å². The van der Waals surface area contributed by atoms with E-state index in [1.54, 1.807) is 0 Å². The lowest BCUT2D eigenvalue weighted by Crippen LogP contribution is -2.52. The zero-order valence-electron chi connectivity index (χ0n) is 15.8. The van der Waals surface area contributed by atoms with E-state index in [0.29, 0.717) is 0 Å². The molecule has 0 aliphatic heterocycles. The molecule has 0 atom stereocenters. The SMILES string of the molecule is CC(C)(c1ccccc1)n1cc[n+](C(C)(C)c2ccccc2)c1.O=C[O-]. The predicted molar refractivity (Wildman–Crippen MR) is 100 cm³/mol. The Kier molecular flexibility index (Phi) is 5.98. The molecule has 0 bridgehead atoms. The summed E-state index contributed by atoms with van der Waals surface area (Å²) in [6.45, 7) is 8.51. The molecule has 3 aromatic rings. The third-order valence-corrected chi connectivity index (χ3v) is 4.89. The van der Waals surface area contributed by atoms with Gasteiger partial charge >= 0.3 is 0 Å². The van der Waals surface area contributed by atoms with E-state index in [1.165, 1.54) is 11.1 Å². The largest absolute Gasteiger partial charge is 0.554 e. The van der Waals surface area contributed by atoms with Crippen LogP contribution in [-0.2, 0) is 15.9 Å². The minimum atomic E-state index is -0.500. The Hall–Kier alpha value is -2.88. The Morgan fingerprint density at radius 3 is 1.85 bits per heavy atom. The lowest BCUT2D eigenvalue weighted by atomic mass is 9.94. The van der Waals surface area contributed by atoms with Crippen LogP contribution >= 0.6 is 0 Å². The number of aromatic nitrogens is 2. The molecule has 0 radical (unpaired) electrons. The van der Waals surface area contributed by atoms with Crippen molar-refractivity contribution in [3.05, 3.63) is 90.5 Å². The highest BCUT2D eigenvalue weighted by molar-refractivity contribution is 5.29. The van der Waals surface area contributed by atoms with Gasteiger partial charge in [0.1, 0.15) is 23.5 Å². The molecule has 0 fully saturated rings. The monoisotopic (exact) mass is 350 g/mol. The molecule has 4 nitrogen and oxygen atoms in total. The molecule has 2 aromatic carbocycles. The third kappa shape index (κ3) is 4.02. The molecule has 1 heterocycles. The first-order chi connectivity index (χ1) is 12.3. The first-order valence-corrected chi connectivity index (χ1v) is 8.61. The molecular formula is C22H26N2O2. The Morgan fingerprint density at radius 1 is 0.885 bits per heavy atom. The van der Waals surface area contributed by atoms with Crippen LogP contribution in [0.1, 0.15) is 38.8 Å². The smallest absolute Gasteiger partial charge is 0.245 e. The van der Waals surface area contributed by atoms with E-state index in [9.17, 15) is 0 Å². The summed E-state index contributed by atoms with van der Waals surface area (Å²) in [5.41, 5.74) is 2.44. The lowest BCUT2D eigenvalue weighted by Gasteiger charge is -2.24. The highest BCUT2D eigenvalue weighted by atomic mass is 16.3. The quantitative estimate of drug-likeness (QED) is 0.537. The van der Waals surface area contributed by atoms with E-state index in [4.69, 9.17) is 9.90 Å². The highest BCUT2D eigenvalue weighted by Gasteiger charge is 2.32. The van der Waals surface area contributed by atoms with Crippen molar-refractivity contribution in [2.24, 2.45) is 0 Å². The minimum absolute atomic E-state index is 0.0840. The highest BCUT2D eigenvalue weighted by Crippen LogP contribution is 2.26. The average Bonchev–Trinajstić information content (AvgIpc) is 3.16.